The van der Waals surface area contributed by atoms with Crippen LogP contribution in [-0.4, -0.2) is 42.8 Å². The molecule has 0 aliphatic rings. The van der Waals surface area contributed by atoms with Gasteiger partial charge in [0.2, 0.25) is 0 Å². The van der Waals surface area contributed by atoms with Crippen LogP contribution in [0, 0.1) is 10.1 Å². The average molecular weight is 298 g/mol. The minimum absolute atomic E-state index is 0.122. The Morgan fingerprint density at radius 1 is 1.38 bits per heavy atom. The molecule has 8 nitrogen and oxygen atoms in total. The predicted molar refractivity (Wildman–Crippen MR) is 74.8 cm³/mol. The van der Waals surface area contributed by atoms with Crippen molar-refractivity contribution in [2.24, 2.45) is 0 Å². The quantitative estimate of drug-likeness (QED) is 0.576. The molecule has 0 saturated carbocycles. The summed E-state index contributed by atoms with van der Waals surface area (Å²) in [5.41, 5.74) is -0.495. The van der Waals surface area contributed by atoms with Gasteiger partial charge in [-0.15, -0.1) is 0 Å². The fourth-order valence-corrected chi connectivity index (χ4v) is 1.69. The van der Waals surface area contributed by atoms with Crippen molar-refractivity contribution in [3.8, 4) is 11.5 Å². The van der Waals surface area contributed by atoms with Gasteiger partial charge in [-0.25, -0.2) is 0 Å². The van der Waals surface area contributed by atoms with E-state index in [1.807, 2.05) is 0 Å². The van der Waals surface area contributed by atoms with Crippen molar-refractivity contribution in [1.29, 1.82) is 0 Å². The number of carbonyl (C=O) groups is 1. The fraction of sp³-hybridized carbons (Fsp3) is 0.462. The van der Waals surface area contributed by atoms with Crippen molar-refractivity contribution in [1.82, 2.24) is 5.32 Å². The molecule has 0 saturated heterocycles. The molecule has 0 radical (unpaired) electrons. The number of carbonyl (C=O) groups excluding carboxylic acids is 1. The number of ether oxygens (including phenoxy) is 2. The standard InChI is InChI=1S/C13H18N2O6/c1-8(16)4-5-14-13(17)9-6-11(20-2)12(21-3)7-10(9)15(18)19/h6-8,16H,4-5H2,1-3H3,(H,14,17). The molecule has 0 aliphatic heterocycles. The molecule has 1 rings (SSSR count). The second-order valence-corrected chi connectivity index (χ2v) is 4.38. The molecule has 116 valence electrons. The fourth-order valence-electron chi connectivity index (χ4n) is 1.69. The summed E-state index contributed by atoms with van der Waals surface area (Å²) in [6.45, 7) is 1.80. The normalized spacial score (nSPS) is 11.6. The van der Waals surface area contributed by atoms with Crippen molar-refractivity contribution in [3.63, 3.8) is 0 Å². The van der Waals surface area contributed by atoms with Gasteiger partial charge in [0.05, 0.1) is 31.3 Å². The Morgan fingerprint density at radius 2 is 1.95 bits per heavy atom. The van der Waals surface area contributed by atoms with E-state index in [0.717, 1.165) is 6.07 Å². The summed E-state index contributed by atoms with van der Waals surface area (Å²) in [4.78, 5) is 22.4. The lowest BCUT2D eigenvalue weighted by molar-refractivity contribution is -0.385. The van der Waals surface area contributed by atoms with Crippen LogP contribution in [0.3, 0.4) is 0 Å². The molecule has 8 heteroatoms. The third-order valence-electron chi connectivity index (χ3n) is 2.79. The van der Waals surface area contributed by atoms with Gasteiger partial charge in [0, 0.05) is 12.6 Å². The summed E-state index contributed by atoms with van der Waals surface area (Å²) >= 11 is 0. The lowest BCUT2D eigenvalue weighted by Crippen LogP contribution is -2.27. The Morgan fingerprint density at radius 3 is 2.43 bits per heavy atom. The lowest BCUT2D eigenvalue weighted by Gasteiger charge is -2.11. The molecule has 21 heavy (non-hydrogen) atoms. The summed E-state index contributed by atoms with van der Waals surface area (Å²) in [6, 6.07) is 2.40. The third-order valence-corrected chi connectivity index (χ3v) is 2.79. The highest BCUT2D eigenvalue weighted by Gasteiger charge is 2.24. The molecule has 0 aromatic heterocycles. The van der Waals surface area contributed by atoms with E-state index in [1.165, 1.54) is 20.3 Å². The van der Waals surface area contributed by atoms with Crippen LogP contribution in [0.1, 0.15) is 23.7 Å². The molecule has 0 spiro atoms. The van der Waals surface area contributed by atoms with E-state index in [1.54, 1.807) is 6.92 Å². The smallest absolute Gasteiger partial charge is 0.286 e. The first-order valence-corrected chi connectivity index (χ1v) is 6.27. The summed E-state index contributed by atoms with van der Waals surface area (Å²) in [6.07, 6.45) is -0.210. The van der Waals surface area contributed by atoms with Crippen LogP contribution in [0.2, 0.25) is 0 Å². The van der Waals surface area contributed by atoms with Crippen LogP contribution in [0.25, 0.3) is 0 Å². The van der Waals surface area contributed by atoms with Gasteiger partial charge in [0.25, 0.3) is 11.6 Å². The molecular formula is C13H18N2O6. The molecule has 1 aromatic rings. The molecular weight excluding hydrogens is 280 g/mol. The largest absolute Gasteiger partial charge is 0.493 e. The molecule has 1 atom stereocenters. The Kier molecular flexibility index (Phi) is 5.92. The summed E-state index contributed by atoms with van der Waals surface area (Å²) in [5, 5.41) is 22.7. The first-order valence-electron chi connectivity index (χ1n) is 6.27. The van der Waals surface area contributed by atoms with Gasteiger partial charge in [-0.3, -0.25) is 14.9 Å². The monoisotopic (exact) mass is 298 g/mol. The van der Waals surface area contributed by atoms with Gasteiger partial charge in [-0.1, -0.05) is 0 Å². The Bertz CT molecular complexity index is 530. The molecule has 1 amide bonds. The zero-order chi connectivity index (χ0) is 16.0. The molecule has 0 heterocycles. The Labute approximate surface area is 121 Å². The number of aliphatic hydroxyl groups is 1. The predicted octanol–water partition coefficient (Wildman–Crippen LogP) is 1.11. The van der Waals surface area contributed by atoms with Crippen LogP contribution in [0.15, 0.2) is 12.1 Å². The highest BCUT2D eigenvalue weighted by atomic mass is 16.6. The SMILES string of the molecule is COc1cc(C(=O)NCCC(C)O)c([N+](=O)[O-])cc1OC. The van der Waals surface area contributed by atoms with E-state index >= 15 is 0 Å². The molecule has 0 fully saturated rings. The minimum atomic E-state index is -0.661. The number of methoxy groups -OCH3 is 2. The number of hydrogen-bond acceptors (Lipinski definition) is 6. The van der Waals surface area contributed by atoms with Gasteiger partial charge in [0.1, 0.15) is 5.56 Å². The molecule has 2 N–H and O–H groups in total. The maximum absolute atomic E-state index is 12.0. The number of nitrogens with one attached hydrogen (secondary N) is 1. The Balaban J connectivity index is 3.08. The van der Waals surface area contributed by atoms with Gasteiger partial charge in [-0.05, 0) is 13.3 Å². The first kappa shape index (κ1) is 16.7. The third kappa shape index (κ3) is 4.32. The maximum atomic E-state index is 12.0. The topological polar surface area (TPSA) is 111 Å². The van der Waals surface area contributed by atoms with E-state index in [4.69, 9.17) is 14.6 Å². The highest BCUT2D eigenvalue weighted by Crippen LogP contribution is 2.34. The molecule has 0 aliphatic carbocycles. The number of nitrogens with zero attached hydrogens (tertiary/aromatic N) is 1. The summed E-state index contributed by atoms with van der Waals surface area (Å²) in [7, 11) is 2.72. The second kappa shape index (κ2) is 7.44. The van der Waals surface area contributed by atoms with Crippen LogP contribution in [-0.2, 0) is 0 Å². The van der Waals surface area contributed by atoms with E-state index in [-0.39, 0.29) is 29.3 Å². The van der Waals surface area contributed by atoms with E-state index in [9.17, 15) is 14.9 Å². The number of rotatable bonds is 7. The van der Waals surface area contributed by atoms with Crippen LogP contribution in [0.4, 0.5) is 5.69 Å². The number of amides is 1. The summed E-state index contributed by atoms with van der Waals surface area (Å²) in [5.74, 6) is -0.211. The number of nitro groups is 1. The van der Waals surface area contributed by atoms with Crippen LogP contribution < -0.4 is 14.8 Å². The van der Waals surface area contributed by atoms with E-state index in [2.05, 4.69) is 5.32 Å². The lowest BCUT2D eigenvalue weighted by atomic mass is 10.1. The maximum Gasteiger partial charge on any atom is 0.286 e. The summed E-state index contributed by atoms with van der Waals surface area (Å²) < 4.78 is 10.0. The van der Waals surface area contributed by atoms with Crippen molar-refractivity contribution in [2.75, 3.05) is 20.8 Å². The first-order chi connectivity index (χ1) is 9.90. The van der Waals surface area contributed by atoms with Crippen LogP contribution >= 0.6 is 0 Å². The average Bonchev–Trinajstić information content (AvgIpc) is 2.44. The zero-order valence-electron chi connectivity index (χ0n) is 12.1. The van der Waals surface area contributed by atoms with E-state index < -0.39 is 16.9 Å². The van der Waals surface area contributed by atoms with Crippen LogP contribution in [0.5, 0.6) is 11.5 Å². The number of benzene rings is 1. The highest BCUT2D eigenvalue weighted by molar-refractivity contribution is 5.99. The van der Waals surface area contributed by atoms with Crippen molar-refractivity contribution in [2.45, 2.75) is 19.4 Å². The number of hydrogen-bond donors (Lipinski definition) is 2. The second-order valence-electron chi connectivity index (χ2n) is 4.38. The number of nitro benzene ring substituents is 1. The number of aliphatic hydroxyl groups excluding tert-OH is 1. The zero-order valence-corrected chi connectivity index (χ0v) is 12.1. The molecule has 1 aromatic carbocycles. The van der Waals surface area contributed by atoms with Crippen molar-refractivity contribution < 1.29 is 24.3 Å². The molecule has 0 bridgehead atoms. The van der Waals surface area contributed by atoms with Gasteiger partial charge in [0.15, 0.2) is 11.5 Å². The van der Waals surface area contributed by atoms with Gasteiger partial charge < -0.3 is 19.9 Å². The van der Waals surface area contributed by atoms with Crippen molar-refractivity contribution >= 4 is 11.6 Å². The molecule has 1 unspecified atom stereocenters. The van der Waals surface area contributed by atoms with Gasteiger partial charge >= 0.3 is 0 Å². The van der Waals surface area contributed by atoms with E-state index in [0.29, 0.717) is 6.42 Å². The van der Waals surface area contributed by atoms with Crippen molar-refractivity contribution in [3.05, 3.63) is 27.8 Å². The Hall–Kier alpha value is -2.35. The minimum Gasteiger partial charge on any atom is -0.493 e. The van der Waals surface area contributed by atoms with Gasteiger partial charge in [-0.2, -0.15) is 0 Å².